The number of allylic oxidation sites excluding steroid dienone is 1. The monoisotopic (exact) mass is 377 g/mol. The maximum absolute atomic E-state index is 12.8. The molecule has 1 atom stereocenters. The van der Waals surface area contributed by atoms with Crippen molar-refractivity contribution in [2.75, 3.05) is 6.61 Å². The molecule has 146 valence electrons. The molecule has 1 aliphatic rings. The second-order valence-corrected chi connectivity index (χ2v) is 8.30. The number of hydrogen-bond acceptors (Lipinski definition) is 3. The molecule has 2 amide bonds. The Balaban J connectivity index is 1.65. The Morgan fingerprint density at radius 1 is 1.07 bits per heavy atom. The molecule has 28 heavy (non-hydrogen) atoms. The van der Waals surface area contributed by atoms with Crippen LogP contribution in [0.1, 0.15) is 37.5 Å². The fourth-order valence-corrected chi connectivity index (χ4v) is 3.16. The van der Waals surface area contributed by atoms with E-state index in [1.54, 1.807) is 0 Å². The average Bonchev–Trinajstić information content (AvgIpc) is 3.01. The minimum atomic E-state index is -0.546. The van der Waals surface area contributed by atoms with E-state index in [1.165, 1.54) is 4.90 Å². The van der Waals surface area contributed by atoms with E-state index in [1.807, 2.05) is 54.6 Å². The molecule has 0 N–H and O–H groups in total. The second-order valence-electron chi connectivity index (χ2n) is 8.30. The van der Waals surface area contributed by atoms with E-state index in [-0.39, 0.29) is 30.4 Å². The van der Waals surface area contributed by atoms with Gasteiger partial charge in [0.15, 0.2) is 0 Å². The molecular formula is C24H27NO3. The molecule has 3 rings (SSSR count). The van der Waals surface area contributed by atoms with Crippen LogP contribution in [0.15, 0.2) is 60.7 Å². The van der Waals surface area contributed by atoms with Gasteiger partial charge in [-0.15, -0.1) is 0 Å². The minimum Gasteiger partial charge on any atom is -0.447 e. The first-order valence-electron chi connectivity index (χ1n) is 9.63. The van der Waals surface area contributed by atoms with Crippen LogP contribution in [0.3, 0.4) is 0 Å². The summed E-state index contributed by atoms with van der Waals surface area (Å²) in [6, 6.07) is 17.5. The molecule has 1 aliphatic heterocycles. The molecule has 0 spiro atoms. The first-order valence-corrected chi connectivity index (χ1v) is 9.63. The molecular weight excluding hydrogens is 350 g/mol. The third kappa shape index (κ3) is 5.32. The second kappa shape index (κ2) is 8.42. The van der Waals surface area contributed by atoms with Crippen molar-refractivity contribution >= 4 is 18.1 Å². The number of imide groups is 1. The number of ether oxygens (including phenoxy) is 1. The lowest BCUT2D eigenvalue weighted by Crippen LogP contribution is -2.41. The highest BCUT2D eigenvalue weighted by atomic mass is 16.6. The summed E-state index contributed by atoms with van der Waals surface area (Å²) in [6.07, 6.45) is 4.48. The zero-order valence-electron chi connectivity index (χ0n) is 16.7. The molecule has 2 aromatic rings. The zero-order valence-corrected chi connectivity index (χ0v) is 16.7. The Hall–Kier alpha value is -2.88. The van der Waals surface area contributed by atoms with E-state index in [4.69, 9.17) is 4.74 Å². The van der Waals surface area contributed by atoms with E-state index in [9.17, 15) is 9.59 Å². The predicted molar refractivity (Wildman–Crippen MR) is 111 cm³/mol. The predicted octanol–water partition coefficient (Wildman–Crippen LogP) is 4.88. The quantitative estimate of drug-likeness (QED) is 0.746. The van der Waals surface area contributed by atoms with Gasteiger partial charge in [-0.1, -0.05) is 87.5 Å². The highest BCUT2D eigenvalue weighted by Crippen LogP contribution is 2.20. The summed E-state index contributed by atoms with van der Waals surface area (Å²) >= 11 is 0. The first kappa shape index (κ1) is 19.9. The molecule has 0 bridgehead atoms. The lowest BCUT2D eigenvalue weighted by molar-refractivity contribution is -0.128. The minimum absolute atomic E-state index is 0.124. The largest absolute Gasteiger partial charge is 0.447 e. The third-order valence-corrected chi connectivity index (χ3v) is 4.65. The van der Waals surface area contributed by atoms with Gasteiger partial charge in [0.2, 0.25) is 5.91 Å². The molecule has 0 unspecified atom stereocenters. The van der Waals surface area contributed by atoms with Crippen LogP contribution in [0.5, 0.6) is 0 Å². The summed E-state index contributed by atoms with van der Waals surface area (Å²) in [5.74, 6) is -0.221. The Bertz CT molecular complexity index is 848. The molecule has 2 aromatic carbocycles. The summed E-state index contributed by atoms with van der Waals surface area (Å²) in [4.78, 5) is 26.2. The Morgan fingerprint density at radius 3 is 2.39 bits per heavy atom. The van der Waals surface area contributed by atoms with E-state index in [0.717, 1.165) is 16.7 Å². The summed E-state index contributed by atoms with van der Waals surface area (Å²) in [7, 11) is 0. The third-order valence-electron chi connectivity index (χ3n) is 4.65. The van der Waals surface area contributed by atoms with Crippen LogP contribution in [-0.2, 0) is 22.4 Å². The fraction of sp³-hybridized carbons (Fsp3) is 0.333. The van der Waals surface area contributed by atoms with E-state index in [0.29, 0.717) is 6.42 Å². The van der Waals surface area contributed by atoms with Crippen molar-refractivity contribution in [3.63, 3.8) is 0 Å². The summed E-state index contributed by atoms with van der Waals surface area (Å²) in [5.41, 5.74) is 3.18. The van der Waals surface area contributed by atoms with Gasteiger partial charge in [0, 0.05) is 0 Å². The maximum Gasteiger partial charge on any atom is 0.416 e. The van der Waals surface area contributed by atoms with Gasteiger partial charge in [0.05, 0.1) is 12.5 Å². The van der Waals surface area contributed by atoms with Gasteiger partial charge < -0.3 is 4.74 Å². The van der Waals surface area contributed by atoms with Crippen LogP contribution in [-0.4, -0.2) is 29.5 Å². The molecule has 0 radical (unpaired) electrons. The van der Waals surface area contributed by atoms with Gasteiger partial charge in [-0.2, -0.15) is 0 Å². The Labute approximate surface area is 166 Å². The number of rotatable bonds is 5. The highest BCUT2D eigenvalue weighted by Gasteiger charge is 2.37. The van der Waals surface area contributed by atoms with Gasteiger partial charge in [-0.05, 0) is 28.5 Å². The van der Waals surface area contributed by atoms with Crippen molar-refractivity contribution < 1.29 is 14.3 Å². The highest BCUT2D eigenvalue weighted by molar-refractivity contribution is 5.94. The maximum atomic E-state index is 12.8. The average molecular weight is 377 g/mol. The van der Waals surface area contributed by atoms with Crippen LogP contribution in [0.25, 0.3) is 6.08 Å². The SMILES string of the molecule is CC(C)(C)/C=C/c1ccc(CC(=O)N2C(=O)OC[C@H]2Cc2ccccc2)cc1. The number of amides is 2. The van der Waals surface area contributed by atoms with Gasteiger partial charge in [0.1, 0.15) is 6.61 Å². The summed E-state index contributed by atoms with van der Waals surface area (Å²) < 4.78 is 5.15. The smallest absolute Gasteiger partial charge is 0.416 e. The van der Waals surface area contributed by atoms with Crippen LogP contribution in [0.4, 0.5) is 4.79 Å². The summed E-state index contributed by atoms with van der Waals surface area (Å²) in [5, 5.41) is 0. The van der Waals surface area contributed by atoms with Crippen molar-refractivity contribution in [1.29, 1.82) is 0 Å². The fourth-order valence-electron chi connectivity index (χ4n) is 3.16. The van der Waals surface area contributed by atoms with Crippen molar-refractivity contribution in [3.05, 3.63) is 77.4 Å². The lowest BCUT2D eigenvalue weighted by atomic mass is 9.95. The van der Waals surface area contributed by atoms with Crippen LogP contribution in [0.2, 0.25) is 0 Å². The van der Waals surface area contributed by atoms with Crippen molar-refractivity contribution in [1.82, 2.24) is 4.90 Å². The van der Waals surface area contributed by atoms with Crippen LogP contribution < -0.4 is 0 Å². The van der Waals surface area contributed by atoms with E-state index in [2.05, 4.69) is 32.9 Å². The molecule has 4 heteroatoms. The Morgan fingerprint density at radius 2 is 1.75 bits per heavy atom. The molecule has 0 aliphatic carbocycles. The first-order chi connectivity index (χ1) is 13.3. The van der Waals surface area contributed by atoms with Crippen molar-refractivity contribution in [2.45, 2.75) is 39.7 Å². The topological polar surface area (TPSA) is 46.6 Å². The van der Waals surface area contributed by atoms with Gasteiger partial charge in [-0.25, -0.2) is 9.69 Å². The summed E-state index contributed by atoms with van der Waals surface area (Å²) in [6.45, 7) is 6.70. The van der Waals surface area contributed by atoms with Gasteiger partial charge in [-0.3, -0.25) is 4.79 Å². The number of cyclic esters (lactones) is 1. The van der Waals surface area contributed by atoms with Crippen LogP contribution >= 0.6 is 0 Å². The van der Waals surface area contributed by atoms with E-state index >= 15 is 0 Å². The van der Waals surface area contributed by atoms with E-state index < -0.39 is 6.09 Å². The standard InChI is InChI=1S/C24H27NO3/c1-24(2,3)14-13-18-9-11-20(12-10-18)16-22(26)25-21(17-28-23(25)27)15-19-7-5-4-6-8-19/h4-14,21H,15-17H2,1-3H3/b14-13+/t21-/m1/s1. The molecule has 0 aromatic heterocycles. The number of benzene rings is 2. The van der Waals surface area contributed by atoms with Crippen molar-refractivity contribution in [3.8, 4) is 0 Å². The number of hydrogen-bond donors (Lipinski definition) is 0. The molecule has 1 fully saturated rings. The Kier molecular flexibility index (Phi) is 5.98. The zero-order chi connectivity index (χ0) is 20.1. The molecule has 1 heterocycles. The van der Waals surface area contributed by atoms with Gasteiger partial charge >= 0.3 is 6.09 Å². The normalized spacial score (nSPS) is 17.2. The molecule has 0 saturated carbocycles. The van der Waals surface area contributed by atoms with Crippen molar-refractivity contribution in [2.24, 2.45) is 5.41 Å². The van der Waals surface area contributed by atoms with Crippen LogP contribution in [0, 0.1) is 5.41 Å². The number of carbonyl (C=O) groups is 2. The number of nitrogens with zero attached hydrogens (tertiary/aromatic N) is 1. The molecule has 4 nitrogen and oxygen atoms in total. The lowest BCUT2D eigenvalue weighted by Gasteiger charge is -2.19. The number of carbonyl (C=O) groups excluding carboxylic acids is 2. The molecule has 1 saturated heterocycles. The van der Waals surface area contributed by atoms with Gasteiger partial charge in [0.25, 0.3) is 0 Å².